The first-order valence-electron chi connectivity index (χ1n) is 5.66. The van der Waals surface area contributed by atoms with E-state index in [1.54, 1.807) is 0 Å². The van der Waals surface area contributed by atoms with E-state index in [0.717, 1.165) is 25.9 Å². The van der Waals surface area contributed by atoms with Crippen LogP contribution in [0.3, 0.4) is 0 Å². The first-order valence-corrected chi connectivity index (χ1v) is 5.66. The van der Waals surface area contributed by atoms with Gasteiger partial charge in [-0.1, -0.05) is 13.3 Å². The maximum atomic E-state index is 6.00. The molecule has 0 aromatic rings. The van der Waals surface area contributed by atoms with E-state index < -0.39 is 0 Å². The summed E-state index contributed by atoms with van der Waals surface area (Å²) in [7, 11) is 0. The Bertz CT molecular complexity index is 159. The second kappa shape index (κ2) is 3.97. The summed E-state index contributed by atoms with van der Waals surface area (Å²) in [6.45, 7) is 3.09. The normalized spacial score (nSPS) is 40.8. The van der Waals surface area contributed by atoms with Crippen LogP contribution in [-0.4, -0.2) is 18.5 Å². The molecule has 2 heteroatoms. The molecule has 2 fully saturated rings. The Morgan fingerprint density at radius 1 is 1.23 bits per heavy atom. The van der Waals surface area contributed by atoms with Gasteiger partial charge >= 0.3 is 0 Å². The van der Waals surface area contributed by atoms with Gasteiger partial charge in [-0.3, -0.25) is 0 Å². The van der Waals surface area contributed by atoms with Crippen molar-refractivity contribution in [3.63, 3.8) is 0 Å². The molecule has 2 aliphatic heterocycles. The molecule has 2 atom stereocenters. The van der Waals surface area contributed by atoms with Crippen LogP contribution in [0.2, 0.25) is 0 Å². The van der Waals surface area contributed by atoms with E-state index in [2.05, 4.69) is 6.92 Å². The first kappa shape index (κ1) is 9.47. The van der Waals surface area contributed by atoms with E-state index >= 15 is 0 Å². The molecule has 2 nitrogen and oxygen atoms in total. The van der Waals surface area contributed by atoms with Crippen molar-refractivity contribution in [2.75, 3.05) is 6.61 Å². The van der Waals surface area contributed by atoms with E-state index in [1.165, 1.54) is 25.7 Å². The van der Waals surface area contributed by atoms with Crippen molar-refractivity contribution in [1.82, 2.24) is 0 Å². The van der Waals surface area contributed by atoms with Gasteiger partial charge < -0.3 is 9.47 Å². The molecule has 0 amide bonds. The van der Waals surface area contributed by atoms with Crippen LogP contribution in [0.4, 0.5) is 0 Å². The average molecular weight is 184 g/mol. The topological polar surface area (TPSA) is 18.5 Å². The zero-order chi connectivity index (χ0) is 9.15. The molecule has 76 valence electrons. The molecular formula is C11H20O2. The molecule has 0 N–H and O–H groups in total. The Morgan fingerprint density at radius 2 is 2.15 bits per heavy atom. The number of hydrogen-bond acceptors (Lipinski definition) is 2. The van der Waals surface area contributed by atoms with Gasteiger partial charge in [-0.15, -0.1) is 0 Å². The molecule has 2 saturated heterocycles. The van der Waals surface area contributed by atoms with Gasteiger partial charge in [-0.2, -0.15) is 0 Å². The van der Waals surface area contributed by atoms with Gasteiger partial charge in [-0.25, -0.2) is 0 Å². The molecule has 2 rings (SSSR count). The van der Waals surface area contributed by atoms with Crippen LogP contribution in [0.15, 0.2) is 0 Å². The summed E-state index contributed by atoms with van der Waals surface area (Å²) in [6.07, 6.45) is 8.80. The summed E-state index contributed by atoms with van der Waals surface area (Å²) in [5, 5.41) is 0. The first-order chi connectivity index (χ1) is 6.35. The predicted molar refractivity (Wildman–Crippen MR) is 51.5 cm³/mol. The van der Waals surface area contributed by atoms with E-state index in [0.29, 0.717) is 6.10 Å². The second-order valence-electron chi connectivity index (χ2n) is 4.26. The highest BCUT2D eigenvalue weighted by Gasteiger charge is 2.40. The maximum absolute atomic E-state index is 6.00. The zero-order valence-corrected chi connectivity index (χ0v) is 8.55. The fourth-order valence-corrected chi connectivity index (χ4v) is 2.38. The molecule has 2 unspecified atom stereocenters. The van der Waals surface area contributed by atoms with Crippen LogP contribution in [-0.2, 0) is 9.47 Å². The van der Waals surface area contributed by atoms with Gasteiger partial charge in [-0.05, 0) is 25.7 Å². The van der Waals surface area contributed by atoms with Crippen LogP contribution in [0.25, 0.3) is 0 Å². The number of hydrogen-bond donors (Lipinski definition) is 0. The minimum Gasteiger partial charge on any atom is -0.350 e. The summed E-state index contributed by atoms with van der Waals surface area (Å²) in [6, 6.07) is 0. The van der Waals surface area contributed by atoms with E-state index in [9.17, 15) is 0 Å². The lowest BCUT2D eigenvalue weighted by atomic mass is 10.1. The van der Waals surface area contributed by atoms with Crippen LogP contribution in [0.5, 0.6) is 0 Å². The van der Waals surface area contributed by atoms with Gasteiger partial charge in [0.25, 0.3) is 0 Å². The smallest absolute Gasteiger partial charge is 0.168 e. The molecule has 1 spiro atoms. The molecule has 0 saturated carbocycles. The Labute approximate surface area is 80.6 Å². The average Bonchev–Trinajstić information content (AvgIpc) is 2.40. The Hall–Kier alpha value is -0.0800. The summed E-state index contributed by atoms with van der Waals surface area (Å²) in [4.78, 5) is 0. The van der Waals surface area contributed by atoms with Crippen LogP contribution in [0.1, 0.15) is 51.9 Å². The lowest BCUT2D eigenvalue weighted by Gasteiger charge is -2.27. The summed E-state index contributed by atoms with van der Waals surface area (Å²) in [5.41, 5.74) is 0. The number of ether oxygens (including phenoxy) is 2. The monoisotopic (exact) mass is 184 g/mol. The van der Waals surface area contributed by atoms with Crippen LogP contribution in [0, 0.1) is 0 Å². The minimum absolute atomic E-state index is 0.169. The highest BCUT2D eigenvalue weighted by molar-refractivity contribution is 4.82. The van der Waals surface area contributed by atoms with Crippen molar-refractivity contribution < 1.29 is 9.47 Å². The van der Waals surface area contributed by atoms with Crippen molar-refractivity contribution in [2.45, 2.75) is 63.8 Å². The highest BCUT2D eigenvalue weighted by Crippen LogP contribution is 2.38. The molecule has 0 aromatic heterocycles. The van der Waals surface area contributed by atoms with Gasteiger partial charge in [0.2, 0.25) is 0 Å². The number of rotatable bonds is 1. The Kier molecular flexibility index (Phi) is 2.89. The van der Waals surface area contributed by atoms with Gasteiger partial charge in [0, 0.05) is 12.8 Å². The fourth-order valence-electron chi connectivity index (χ4n) is 2.38. The van der Waals surface area contributed by atoms with E-state index in [-0.39, 0.29) is 5.79 Å². The molecular weight excluding hydrogens is 164 g/mol. The van der Waals surface area contributed by atoms with E-state index in [4.69, 9.17) is 9.47 Å². The molecule has 0 aromatic carbocycles. The van der Waals surface area contributed by atoms with Crippen molar-refractivity contribution >= 4 is 0 Å². The maximum Gasteiger partial charge on any atom is 0.168 e. The molecule has 2 aliphatic rings. The molecule has 0 bridgehead atoms. The predicted octanol–water partition coefficient (Wildman–Crippen LogP) is 2.86. The standard InChI is InChI=1S/C11H20O2/c1-2-10-6-8-11(13-10)7-4-3-5-9-12-11/h10H,2-9H2,1H3. The van der Waals surface area contributed by atoms with Gasteiger partial charge in [0.15, 0.2) is 5.79 Å². The fraction of sp³-hybridized carbons (Fsp3) is 1.00. The highest BCUT2D eigenvalue weighted by atomic mass is 16.7. The van der Waals surface area contributed by atoms with Crippen molar-refractivity contribution in [2.24, 2.45) is 0 Å². The van der Waals surface area contributed by atoms with Gasteiger partial charge in [0.05, 0.1) is 12.7 Å². The largest absolute Gasteiger partial charge is 0.350 e. The van der Waals surface area contributed by atoms with Crippen LogP contribution >= 0.6 is 0 Å². The van der Waals surface area contributed by atoms with Crippen LogP contribution < -0.4 is 0 Å². The second-order valence-corrected chi connectivity index (χ2v) is 4.26. The minimum atomic E-state index is -0.169. The summed E-state index contributed by atoms with van der Waals surface area (Å²) < 4.78 is 11.9. The third-order valence-electron chi connectivity index (χ3n) is 3.25. The van der Waals surface area contributed by atoms with E-state index in [1.807, 2.05) is 0 Å². The lowest BCUT2D eigenvalue weighted by molar-refractivity contribution is -0.226. The van der Waals surface area contributed by atoms with Gasteiger partial charge in [0.1, 0.15) is 0 Å². The Balaban J connectivity index is 1.95. The SMILES string of the molecule is CCC1CCC2(CCCCCO2)O1. The molecule has 0 aliphatic carbocycles. The third-order valence-corrected chi connectivity index (χ3v) is 3.25. The van der Waals surface area contributed by atoms with Crippen molar-refractivity contribution in [3.8, 4) is 0 Å². The molecule has 0 radical (unpaired) electrons. The summed E-state index contributed by atoms with van der Waals surface area (Å²) >= 11 is 0. The third kappa shape index (κ3) is 2.05. The molecule has 13 heavy (non-hydrogen) atoms. The Morgan fingerprint density at radius 3 is 2.92 bits per heavy atom. The summed E-state index contributed by atoms with van der Waals surface area (Å²) in [5.74, 6) is -0.169. The van der Waals surface area contributed by atoms with Crippen molar-refractivity contribution in [3.05, 3.63) is 0 Å². The zero-order valence-electron chi connectivity index (χ0n) is 8.55. The quantitative estimate of drug-likeness (QED) is 0.624. The molecule has 2 heterocycles. The lowest BCUT2D eigenvalue weighted by Crippen LogP contribution is -2.31. The van der Waals surface area contributed by atoms with Crippen molar-refractivity contribution in [1.29, 1.82) is 0 Å².